The third-order valence-corrected chi connectivity index (χ3v) is 5.92. The maximum absolute atomic E-state index is 12.4. The van der Waals surface area contributed by atoms with E-state index in [2.05, 4.69) is 25.6 Å². The second-order valence-electron chi connectivity index (χ2n) is 7.71. The standard InChI is InChI=1S/C21H30N6O3/c1-14-16(12-25-27(14)3)11-22-19(28)9-17-6-7-18(26(17)2)13-24-21(29)15-5-8-20(30-4)23-10-15/h5,8,10,12,17-18H,6-7,9,11,13H2,1-4H3,(H,22,28)(H,24,29)/t17-,18+/m1/s1. The first-order valence-corrected chi connectivity index (χ1v) is 10.1. The van der Waals surface area contributed by atoms with E-state index in [-0.39, 0.29) is 23.9 Å². The van der Waals surface area contributed by atoms with E-state index in [1.165, 1.54) is 13.3 Å². The van der Waals surface area contributed by atoms with Crippen LogP contribution < -0.4 is 15.4 Å². The van der Waals surface area contributed by atoms with Crippen molar-refractivity contribution in [1.82, 2.24) is 30.3 Å². The van der Waals surface area contributed by atoms with Crippen molar-refractivity contribution in [2.45, 2.75) is 44.8 Å². The molecule has 9 nitrogen and oxygen atoms in total. The predicted molar refractivity (Wildman–Crippen MR) is 112 cm³/mol. The smallest absolute Gasteiger partial charge is 0.252 e. The average molecular weight is 415 g/mol. The van der Waals surface area contributed by atoms with Crippen LogP contribution in [0.2, 0.25) is 0 Å². The molecule has 1 fully saturated rings. The first kappa shape index (κ1) is 21.8. The molecule has 0 bridgehead atoms. The Morgan fingerprint density at radius 3 is 2.57 bits per heavy atom. The van der Waals surface area contributed by atoms with Crippen LogP contribution >= 0.6 is 0 Å². The molecule has 1 saturated heterocycles. The van der Waals surface area contributed by atoms with E-state index in [4.69, 9.17) is 4.74 Å². The lowest BCUT2D eigenvalue weighted by Gasteiger charge is -2.25. The fraction of sp³-hybridized carbons (Fsp3) is 0.524. The first-order chi connectivity index (χ1) is 14.4. The van der Waals surface area contributed by atoms with Gasteiger partial charge < -0.3 is 15.4 Å². The molecule has 0 radical (unpaired) electrons. The zero-order valence-electron chi connectivity index (χ0n) is 18.0. The van der Waals surface area contributed by atoms with Crippen molar-refractivity contribution in [2.75, 3.05) is 20.7 Å². The van der Waals surface area contributed by atoms with Crippen LogP contribution in [0.4, 0.5) is 0 Å². The predicted octanol–water partition coefficient (Wildman–Crippen LogP) is 1.03. The Balaban J connectivity index is 1.43. The van der Waals surface area contributed by atoms with Gasteiger partial charge in [0.1, 0.15) is 0 Å². The summed E-state index contributed by atoms with van der Waals surface area (Å²) in [5.41, 5.74) is 2.58. The molecule has 0 saturated carbocycles. The van der Waals surface area contributed by atoms with Crippen LogP contribution in [0.1, 0.15) is 40.9 Å². The van der Waals surface area contributed by atoms with Gasteiger partial charge in [0.05, 0.1) is 18.9 Å². The van der Waals surface area contributed by atoms with Crippen molar-refractivity contribution in [2.24, 2.45) is 7.05 Å². The van der Waals surface area contributed by atoms with Crippen molar-refractivity contribution in [3.8, 4) is 5.88 Å². The summed E-state index contributed by atoms with van der Waals surface area (Å²) in [7, 11) is 5.44. The number of carbonyl (C=O) groups excluding carboxylic acids is 2. The van der Waals surface area contributed by atoms with Crippen LogP contribution in [0.5, 0.6) is 5.88 Å². The molecule has 2 N–H and O–H groups in total. The molecule has 162 valence electrons. The summed E-state index contributed by atoms with van der Waals surface area (Å²) in [6, 6.07) is 3.73. The molecule has 2 atom stereocenters. The molecule has 0 unspecified atom stereocenters. The largest absolute Gasteiger partial charge is 0.481 e. The Morgan fingerprint density at radius 1 is 1.17 bits per heavy atom. The van der Waals surface area contributed by atoms with Crippen LogP contribution in [-0.4, -0.2) is 64.3 Å². The van der Waals surface area contributed by atoms with E-state index in [0.717, 1.165) is 24.1 Å². The quantitative estimate of drug-likeness (QED) is 0.669. The normalized spacial score (nSPS) is 18.9. The minimum atomic E-state index is -0.161. The lowest BCUT2D eigenvalue weighted by atomic mass is 10.1. The van der Waals surface area contributed by atoms with Gasteiger partial charge in [0.15, 0.2) is 0 Å². The zero-order valence-corrected chi connectivity index (χ0v) is 18.0. The number of methoxy groups -OCH3 is 1. The van der Waals surface area contributed by atoms with Gasteiger partial charge in [-0.15, -0.1) is 0 Å². The third kappa shape index (κ3) is 5.15. The van der Waals surface area contributed by atoms with E-state index < -0.39 is 0 Å². The molecule has 2 aromatic heterocycles. The molecular weight excluding hydrogens is 384 g/mol. The number of likely N-dealkylation sites (N-methyl/N-ethyl adjacent to an activating group) is 1. The topological polar surface area (TPSA) is 101 Å². The van der Waals surface area contributed by atoms with E-state index in [9.17, 15) is 9.59 Å². The molecular formula is C21H30N6O3. The number of pyridine rings is 1. The van der Waals surface area contributed by atoms with Crippen LogP contribution in [0.15, 0.2) is 24.5 Å². The minimum Gasteiger partial charge on any atom is -0.481 e. The van der Waals surface area contributed by atoms with E-state index >= 15 is 0 Å². The van der Waals surface area contributed by atoms with Crippen molar-refractivity contribution in [3.05, 3.63) is 41.3 Å². The van der Waals surface area contributed by atoms with Gasteiger partial charge in [-0.2, -0.15) is 5.10 Å². The van der Waals surface area contributed by atoms with E-state index in [1.807, 2.05) is 21.0 Å². The monoisotopic (exact) mass is 414 g/mol. The molecule has 0 aromatic carbocycles. The number of hydrogen-bond acceptors (Lipinski definition) is 6. The SMILES string of the molecule is COc1ccc(C(=O)NC[C@@H]2CC[C@H](CC(=O)NCc3cnn(C)c3C)N2C)cn1. The molecule has 2 amide bonds. The second-order valence-corrected chi connectivity index (χ2v) is 7.71. The summed E-state index contributed by atoms with van der Waals surface area (Å²) in [4.78, 5) is 31.0. The first-order valence-electron chi connectivity index (χ1n) is 10.1. The van der Waals surface area contributed by atoms with E-state index in [0.29, 0.717) is 31.0 Å². The molecule has 2 aromatic rings. The second kappa shape index (κ2) is 9.71. The van der Waals surface area contributed by atoms with Crippen molar-refractivity contribution in [3.63, 3.8) is 0 Å². The molecule has 1 aliphatic rings. The van der Waals surface area contributed by atoms with Gasteiger partial charge in [-0.25, -0.2) is 4.98 Å². The van der Waals surface area contributed by atoms with Crippen LogP contribution in [-0.2, 0) is 18.4 Å². The van der Waals surface area contributed by atoms with Crippen LogP contribution in [0, 0.1) is 6.92 Å². The molecule has 1 aliphatic heterocycles. The van der Waals surface area contributed by atoms with Crippen molar-refractivity contribution in [1.29, 1.82) is 0 Å². The number of hydrogen-bond donors (Lipinski definition) is 2. The summed E-state index contributed by atoms with van der Waals surface area (Å²) >= 11 is 0. The summed E-state index contributed by atoms with van der Waals surface area (Å²) < 4.78 is 6.81. The Hall–Kier alpha value is -2.94. The highest BCUT2D eigenvalue weighted by molar-refractivity contribution is 5.93. The molecule has 0 aliphatic carbocycles. The Bertz CT molecular complexity index is 879. The Labute approximate surface area is 176 Å². The van der Waals surface area contributed by atoms with Gasteiger partial charge in [0.2, 0.25) is 11.8 Å². The van der Waals surface area contributed by atoms with Gasteiger partial charge in [0.25, 0.3) is 5.91 Å². The number of likely N-dealkylation sites (tertiary alicyclic amines) is 1. The maximum Gasteiger partial charge on any atom is 0.252 e. The van der Waals surface area contributed by atoms with Gasteiger partial charge in [-0.05, 0) is 32.9 Å². The molecule has 3 rings (SSSR count). The fourth-order valence-electron chi connectivity index (χ4n) is 3.73. The molecule has 0 spiro atoms. The minimum absolute atomic E-state index is 0.0316. The van der Waals surface area contributed by atoms with Gasteiger partial charge in [0, 0.05) is 62.2 Å². The van der Waals surface area contributed by atoms with Crippen molar-refractivity contribution < 1.29 is 14.3 Å². The highest BCUT2D eigenvalue weighted by atomic mass is 16.5. The third-order valence-electron chi connectivity index (χ3n) is 5.92. The number of aromatic nitrogens is 3. The Morgan fingerprint density at radius 2 is 1.93 bits per heavy atom. The Kier molecular flexibility index (Phi) is 7.04. The summed E-state index contributed by atoms with van der Waals surface area (Å²) in [6.45, 7) is 3.01. The molecule has 9 heteroatoms. The van der Waals surface area contributed by atoms with Gasteiger partial charge in [-0.3, -0.25) is 19.2 Å². The zero-order chi connectivity index (χ0) is 21.7. The highest BCUT2D eigenvalue weighted by Gasteiger charge is 2.31. The highest BCUT2D eigenvalue weighted by Crippen LogP contribution is 2.24. The average Bonchev–Trinajstić information content (AvgIpc) is 3.26. The number of nitrogens with one attached hydrogen (secondary N) is 2. The summed E-state index contributed by atoms with van der Waals surface area (Å²) in [6.07, 6.45) is 5.61. The lowest BCUT2D eigenvalue weighted by molar-refractivity contribution is -0.122. The number of aryl methyl sites for hydroxylation is 1. The molecule has 3 heterocycles. The van der Waals surface area contributed by atoms with Crippen LogP contribution in [0.25, 0.3) is 0 Å². The van der Waals surface area contributed by atoms with E-state index in [1.54, 1.807) is 23.0 Å². The van der Waals surface area contributed by atoms with Crippen molar-refractivity contribution >= 4 is 11.8 Å². The number of ether oxygens (including phenoxy) is 1. The summed E-state index contributed by atoms with van der Waals surface area (Å²) in [5.74, 6) is 0.345. The number of rotatable bonds is 8. The number of nitrogens with zero attached hydrogens (tertiary/aromatic N) is 4. The fourth-order valence-corrected chi connectivity index (χ4v) is 3.73. The maximum atomic E-state index is 12.4. The number of amides is 2. The molecule has 30 heavy (non-hydrogen) atoms. The summed E-state index contributed by atoms with van der Waals surface area (Å²) in [5, 5.41) is 10.2. The van der Waals surface area contributed by atoms with Gasteiger partial charge >= 0.3 is 0 Å². The van der Waals surface area contributed by atoms with Crippen LogP contribution in [0.3, 0.4) is 0 Å². The van der Waals surface area contributed by atoms with Gasteiger partial charge in [-0.1, -0.05) is 0 Å². The lowest BCUT2D eigenvalue weighted by Crippen LogP contribution is -2.42. The number of carbonyl (C=O) groups is 2.